The Kier molecular flexibility index (Phi) is 4.62. The van der Waals surface area contributed by atoms with E-state index in [-0.39, 0.29) is 11.6 Å². The second-order valence-electron chi connectivity index (χ2n) is 5.65. The predicted molar refractivity (Wildman–Crippen MR) is 79.5 cm³/mol. The van der Waals surface area contributed by atoms with Crippen LogP contribution in [0.1, 0.15) is 37.7 Å². The second-order valence-corrected chi connectivity index (χ2v) is 5.65. The zero-order valence-electron chi connectivity index (χ0n) is 12.7. The van der Waals surface area contributed by atoms with Gasteiger partial charge in [0.1, 0.15) is 5.69 Å². The SMILES string of the molecule is CC[C@H]1CN(C(=O)c2cc(=O)[nH]c(=O)[nH]2)CCN1C(C)C. The molecule has 1 fully saturated rings. The molecule has 21 heavy (non-hydrogen) atoms. The highest BCUT2D eigenvalue weighted by atomic mass is 16.2. The van der Waals surface area contributed by atoms with Crippen molar-refractivity contribution in [2.45, 2.75) is 39.3 Å². The van der Waals surface area contributed by atoms with Crippen LogP contribution in [0.25, 0.3) is 0 Å². The Morgan fingerprint density at radius 2 is 2.05 bits per heavy atom. The standard InChI is InChI=1S/C14H22N4O3/c1-4-10-8-17(5-6-18(10)9(2)3)13(20)11-7-12(19)16-14(21)15-11/h7,9-10H,4-6,8H2,1-3H3,(H2,15,16,19,21)/t10-/m0/s1. The van der Waals surface area contributed by atoms with Gasteiger partial charge in [-0.15, -0.1) is 0 Å². The number of nitrogens with one attached hydrogen (secondary N) is 2. The number of rotatable bonds is 3. The van der Waals surface area contributed by atoms with Crippen LogP contribution in [0.5, 0.6) is 0 Å². The Balaban J connectivity index is 2.17. The van der Waals surface area contributed by atoms with Crippen molar-refractivity contribution in [1.82, 2.24) is 19.8 Å². The van der Waals surface area contributed by atoms with Crippen molar-refractivity contribution >= 4 is 5.91 Å². The number of aromatic amines is 2. The van der Waals surface area contributed by atoms with Crippen LogP contribution in [-0.4, -0.2) is 57.4 Å². The smallest absolute Gasteiger partial charge is 0.326 e. The van der Waals surface area contributed by atoms with Gasteiger partial charge in [-0.05, 0) is 20.3 Å². The third-order valence-corrected chi connectivity index (χ3v) is 3.94. The average molecular weight is 294 g/mol. The third-order valence-electron chi connectivity index (χ3n) is 3.94. The van der Waals surface area contributed by atoms with Crippen LogP contribution in [0.3, 0.4) is 0 Å². The van der Waals surface area contributed by atoms with E-state index in [2.05, 4.69) is 35.6 Å². The molecule has 1 aliphatic rings. The molecule has 0 spiro atoms. The summed E-state index contributed by atoms with van der Waals surface area (Å²) in [5.41, 5.74) is -1.16. The maximum Gasteiger partial charge on any atom is 0.326 e. The molecule has 1 aromatic heterocycles. The van der Waals surface area contributed by atoms with Gasteiger partial charge in [-0.1, -0.05) is 6.92 Å². The molecule has 2 N–H and O–H groups in total. The molecular weight excluding hydrogens is 272 g/mol. The molecule has 1 aliphatic heterocycles. The number of piperazine rings is 1. The molecule has 1 atom stereocenters. The maximum absolute atomic E-state index is 12.4. The van der Waals surface area contributed by atoms with E-state index in [0.717, 1.165) is 19.0 Å². The fourth-order valence-electron chi connectivity index (χ4n) is 2.85. The summed E-state index contributed by atoms with van der Waals surface area (Å²) in [6.07, 6.45) is 0.952. The lowest BCUT2D eigenvalue weighted by Gasteiger charge is -2.43. The lowest BCUT2D eigenvalue weighted by molar-refractivity contribution is 0.0367. The number of amides is 1. The molecule has 0 aromatic carbocycles. The molecular formula is C14H22N4O3. The molecule has 0 saturated carbocycles. The van der Waals surface area contributed by atoms with Crippen molar-refractivity contribution in [3.8, 4) is 0 Å². The van der Waals surface area contributed by atoms with Crippen LogP contribution in [-0.2, 0) is 0 Å². The molecule has 7 nitrogen and oxygen atoms in total. The number of hydrogen-bond donors (Lipinski definition) is 2. The second kappa shape index (κ2) is 6.26. The van der Waals surface area contributed by atoms with Crippen molar-refractivity contribution in [2.24, 2.45) is 0 Å². The quantitative estimate of drug-likeness (QED) is 0.821. The first-order chi connectivity index (χ1) is 9.92. The summed E-state index contributed by atoms with van der Waals surface area (Å²) < 4.78 is 0. The van der Waals surface area contributed by atoms with Gasteiger partial charge in [-0.3, -0.25) is 19.5 Å². The first kappa shape index (κ1) is 15.5. The van der Waals surface area contributed by atoms with Crippen LogP contribution >= 0.6 is 0 Å². The molecule has 0 aliphatic carbocycles. The number of aromatic nitrogens is 2. The Morgan fingerprint density at radius 3 is 2.62 bits per heavy atom. The Morgan fingerprint density at radius 1 is 1.33 bits per heavy atom. The number of nitrogens with zero attached hydrogens (tertiary/aromatic N) is 2. The third kappa shape index (κ3) is 3.41. The number of carbonyl (C=O) groups is 1. The summed E-state index contributed by atoms with van der Waals surface area (Å²) in [6.45, 7) is 8.41. The Bertz CT molecular complexity index is 591. The zero-order valence-corrected chi connectivity index (χ0v) is 12.7. The van der Waals surface area contributed by atoms with Gasteiger partial charge in [0.15, 0.2) is 0 Å². The monoisotopic (exact) mass is 294 g/mol. The van der Waals surface area contributed by atoms with Crippen LogP contribution in [0.4, 0.5) is 0 Å². The van der Waals surface area contributed by atoms with Crippen LogP contribution < -0.4 is 11.2 Å². The van der Waals surface area contributed by atoms with E-state index in [1.165, 1.54) is 0 Å². The fourth-order valence-corrected chi connectivity index (χ4v) is 2.85. The van der Waals surface area contributed by atoms with Gasteiger partial charge in [0.2, 0.25) is 0 Å². The first-order valence-corrected chi connectivity index (χ1v) is 7.31. The van der Waals surface area contributed by atoms with Crippen molar-refractivity contribution in [1.29, 1.82) is 0 Å². The topological polar surface area (TPSA) is 89.3 Å². The summed E-state index contributed by atoms with van der Waals surface area (Å²) in [7, 11) is 0. The van der Waals surface area contributed by atoms with E-state index < -0.39 is 11.2 Å². The van der Waals surface area contributed by atoms with Gasteiger partial charge in [0.05, 0.1) is 0 Å². The van der Waals surface area contributed by atoms with Crippen molar-refractivity contribution < 1.29 is 4.79 Å². The molecule has 1 aromatic rings. The predicted octanol–water partition coefficient (Wildman–Crippen LogP) is 0.00800. The average Bonchev–Trinajstić information content (AvgIpc) is 2.44. The zero-order chi connectivity index (χ0) is 15.6. The van der Waals surface area contributed by atoms with Gasteiger partial charge in [-0.25, -0.2) is 4.79 Å². The van der Waals surface area contributed by atoms with Gasteiger partial charge >= 0.3 is 5.69 Å². The van der Waals surface area contributed by atoms with Crippen LogP contribution in [0.15, 0.2) is 15.7 Å². The van der Waals surface area contributed by atoms with Crippen LogP contribution in [0.2, 0.25) is 0 Å². The minimum Gasteiger partial charge on any atom is -0.335 e. The normalized spacial score (nSPS) is 20.0. The molecule has 2 heterocycles. The highest BCUT2D eigenvalue weighted by Gasteiger charge is 2.30. The summed E-state index contributed by atoms with van der Waals surface area (Å²) in [5.74, 6) is -0.292. The van der Waals surface area contributed by atoms with E-state index in [0.29, 0.717) is 25.2 Å². The van der Waals surface area contributed by atoms with E-state index in [4.69, 9.17) is 0 Å². The highest BCUT2D eigenvalue weighted by Crippen LogP contribution is 2.17. The minimum atomic E-state index is -0.654. The maximum atomic E-state index is 12.4. The highest BCUT2D eigenvalue weighted by molar-refractivity contribution is 5.92. The molecule has 0 unspecified atom stereocenters. The molecule has 0 bridgehead atoms. The molecule has 1 amide bonds. The van der Waals surface area contributed by atoms with Gasteiger partial charge in [0, 0.05) is 37.8 Å². The van der Waals surface area contributed by atoms with Crippen molar-refractivity contribution in [3.63, 3.8) is 0 Å². The molecule has 7 heteroatoms. The largest absolute Gasteiger partial charge is 0.335 e. The minimum absolute atomic E-state index is 0.0524. The lowest BCUT2D eigenvalue weighted by atomic mass is 10.1. The summed E-state index contributed by atoms with van der Waals surface area (Å²) in [6, 6.07) is 1.88. The van der Waals surface area contributed by atoms with E-state index in [1.807, 2.05) is 0 Å². The summed E-state index contributed by atoms with van der Waals surface area (Å²) >= 11 is 0. The fraction of sp³-hybridized carbons (Fsp3) is 0.643. The number of H-pyrrole nitrogens is 2. The van der Waals surface area contributed by atoms with E-state index in [1.54, 1.807) is 4.90 Å². The Hall–Kier alpha value is -1.89. The van der Waals surface area contributed by atoms with E-state index in [9.17, 15) is 14.4 Å². The number of hydrogen-bond acceptors (Lipinski definition) is 4. The van der Waals surface area contributed by atoms with E-state index >= 15 is 0 Å². The van der Waals surface area contributed by atoms with Gasteiger partial charge < -0.3 is 9.88 Å². The molecule has 1 saturated heterocycles. The number of carbonyl (C=O) groups excluding carboxylic acids is 1. The molecule has 2 rings (SSSR count). The lowest BCUT2D eigenvalue weighted by Crippen LogP contribution is -2.56. The van der Waals surface area contributed by atoms with Crippen LogP contribution in [0, 0.1) is 0 Å². The molecule has 116 valence electrons. The Labute approximate surface area is 123 Å². The summed E-state index contributed by atoms with van der Waals surface area (Å²) in [4.78, 5) is 43.5. The summed E-state index contributed by atoms with van der Waals surface area (Å²) in [5, 5.41) is 0. The van der Waals surface area contributed by atoms with Crippen molar-refractivity contribution in [2.75, 3.05) is 19.6 Å². The van der Waals surface area contributed by atoms with Gasteiger partial charge in [0.25, 0.3) is 11.5 Å². The van der Waals surface area contributed by atoms with Gasteiger partial charge in [-0.2, -0.15) is 0 Å². The molecule has 0 radical (unpaired) electrons. The van der Waals surface area contributed by atoms with Crippen molar-refractivity contribution in [3.05, 3.63) is 32.6 Å². The first-order valence-electron chi connectivity index (χ1n) is 7.31.